The summed E-state index contributed by atoms with van der Waals surface area (Å²) in [5.74, 6) is -0.394. The molecule has 1 aromatic carbocycles. The van der Waals surface area contributed by atoms with E-state index in [9.17, 15) is 14.4 Å². The largest absolute Gasteiger partial charge is 0.459 e. The summed E-state index contributed by atoms with van der Waals surface area (Å²) in [5, 5.41) is 0. The lowest BCUT2D eigenvalue weighted by Crippen LogP contribution is -2.36. The molecule has 2 atom stereocenters. The Labute approximate surface area is 168 Å². The van der Waals surface area contributed by atoms with E-state index >= 15 is 0 Å². The van der Waals surface area contributed by atoms with Crippen molar-refractivity contribution in [1.82, 2.24) is 9.55 Å². The number of nitrogens with one attached hydrogen (secondary N) is 1. The van der Waals surface area contributed by atoms with Gasteiger partial charge in [-0.25, -0.2) is 9.59 Å². The Bertz CT molecular complexity index is 989. The van der Waals surface area contributed by atoms with Gasteiger partial charge in [0.15, 0.2) is 0 Å². The Morgan fingerprint density at radius 2 is 1.90 bits per heavy atom. The predicted octanol–water partition coefficient (Wildman–Crippen LogP) is 1.98. The van der Waals surface area contributed by atoms with Gasteiger partial charge in [-0.3, -0.25) is 14.3 Å². The lowest BCUT2D eigenvalue weighted by atomic mass is 10.1. The number of rotatable bonds is 5. The quantitative estimate of drug-likeness (QED) is 0.773. The van der Waals surface area contributed by atoms with E-state index in [2.05, 4.69) is 4.98 Å². The van der Waals surface area contributed by atoms with Crippen molar-refractivity contribution in [3.05, 3.63) is 62.4 Å². The van der Waals surface area contributed by atoms with Crippen molar-refractivity contribution in [3.63, 3.8) is 0 Å². The third-order valence-electron chi connectivity index (χ3n) is 5.48. The molecule has 8 heteroatoms. The second-order valence-electron chi connectivity index (χ2n) is 7.63. The van der Waals surface area contributed by atoms with Gasteiger partial charge in [0.25, 0.3) is 5.56 Å². The molecule has 3 heterocycles. The molecule has 2 aromatic rings. The van der Waals surface area contributed by atoms with Crippen molar-refractivity contribution in [2.45, 2.75) is 44.9 Å². The van der Waals surface area contributed by atoms with E-state index < -0.39 is 17.9 Å². The zero-order valence-electron chi connectivity index (χ0n) is 16.4. The van der Waals surface area contributed by atoms with Crippen LogP contribution in [0.25, 0.3) is 0 Å². The van der Waals surface area contributed by atoms with Gasteiger partial charge in [-0.2, -0.15) is 0 Å². The summed E-state index contributed by atoms with van der Waals surface area (Å²) in [5.41, 5.74) is 1.22. The van der Waals surface area contributed by atoms with Crippen molar-refractivity contribution < 1.29 is 14.3 Å². The number of carbonyl (C=O) groups is 1. The first-order chi connectivity index (χ1) is 14.0. The van der Waals surface area contributed by atoms with Crippen LogP contribution < -0.4 is 16.1 Å². The fourth-order valence-corrected chi connectivity index (χ4v) is 3.83. The standard InChI is InChI=1S/C21H25N3O5/c1-14-4-6-15(7-5-14)20(26)28-13-16-8-9-18(29-16)24-12-17(19(25)22-21(24)27)23-10-2-3-11-23/h4-7,12,16,18H,2-3,8-11,13H2,1H3,(H,22,25,27)/t16-,18-/m0/s1. The number of carbonyl (C=O) groups excluding carboxylic acids is 1. The molecule has 2 aliphatic rings. The van der Waals surface area contributed by atoms with Crippen LogP contribution in [0.5, 0.6) is 0 Å². The number of hydrogen-bond donors (Lipinski definition) is 1. The molecule has 1 aromatic heterocycles. The number of anilines is 1. The maximum absolute atomic E-state index is 12.3. The molecule has 0 unspecified atom stereocenters. The minimum atomic E-state index is -0.486. The number of ether oxygens (including phenoxy) is 2. The molecule has 29 heavy (non-hydrogen) atoms. The molecule has 0 saturated carbocycles. The Kier molecular flexibility index (Phi) is 5.53. The normalized spacial score (nSPS) is 21.5. The number of aryl methyl sites for hydroxylation is 1. The third-order valence-corrected chi connectivity index (χ3v) is 5.48. The topological polar surface area (TPSA) is 93.6 Å². The lowest BCUT2D eigenvalue weighted by Gasteiger charge is -2.20. The van der Waals surface area contributed by atoms with Crippen LogP contribution in [0.4, 0.5) is 5.69 Å². The Morgan fingerprint density at radius 3 is 2.62 bits per heavy atom. The number of H-pyrrole nitrogens is 1. The lowest BCUT2D eigenvalue weighted by molar-refractivity contribution is -0.0339. The zero-order valence-corrected chi connectivity index (χ0v) is 16.4. The molecule has 0 bridgehead atoms. The summed E-state index contributed by atoms with van der Waals surface area (Å²) in [6.45, 7) is 3.70. The highest BCUT2D eigenvalue weighted by Crippen LogP contribution is 2.28. The highest BCUT2D eigenvalue weighted by atomic mass is 16.6. The van der Waals surface area contributed by atoms with E-state index in [0.717, 1.165) is 31.5 Å². The van der Waals surface area contributed by atoms with Gasteiger partial charge >= 0.3 is 11.7 Å². The summed E-state index contributed by atoms with van der Waals surface area (Å²) < 4.78 is 12.8. The first kappa shape index (κ1) is 19.4. The molecule has 0 aliphatic carbocycles. The monoisotopic (exact) mass is 399 g/mol. The summed E-state index contributed by atoms with van der Waals surface area (Å²) in [6, 6.07) is 7.18. The van der Waals surface area contributed by atoms with Crippen molar-refractivity contribution in [2.75, 3.05) is 24.6 Å². The molecule has 154 valence electrons. The van der Waals surface area contributed by atoms with E-state index in [1.165, 1.54) is 4.57 Å². The third kappa shape index (κ3) is 4.27. The van der Waals surface area contributed by atoms with Gasteiger partial charge in [0.2, 0.25) is 0 Å². The van der Waals surface area contributed by atoms with E-state index in [1.807, 2.05) is 24.0 Å². The van der Waals surface area contributed by atoms with E-state index in [-0.39, 0.29) is 18.3 Å². The van der Waals surface area contributed by atoms with Crippen LogP contribution in [0.2, 0.25) is 0 Å². The van der Waals surface area contributed by atoms with Crippen molar-refractivity contribution in [2.24, 2.45) is 0 Å². The second kappa shape index (κ2) is 8.24. The minimum absolute atomic E-state index is 0.125. The maximum Gasteiger partial charge on any atom is 0.338 e. The van der Waals surface area contributed by atoms with Gasteiger partial charge < -0.3 is 14.4 Å². The van der Waals surface area contributed by atoms with Gasteiger partial charge in [0.1, 0.15) is 18.5 Å². The van der Waals surface area contributed by atoms with Crippen molar-refractivity contribution in [3.8, 4) is 0 Å². The van der Waals surface area contributed by atoms with Gasteiger partial charge in [-0.05, 0) is 44.7 Å². The highest BCUT2D eigenvalue weighted by Gasteiger charge is 2.29. The smallest absolute Gasteiger partial charge is 0.338 e. The van der Waals surface area contributed by atoms with Crippen LogP contribution in [-0.2, 0) is 9.47 Å². The van der Waals surface area contributed by atoms with E-state index in [4.69, 9.17) is 9.47 Å². The van der Waals surface area contributed by atoms with Gasteiger partial charge in [0, 0.05) is 19.3 Å². The molecule has 2 saturated heterocycles. The maximum atomic E-state index is 12.3. The average Bonchev–Trinajstić information content (AvgIpc) is 3.39. The molecular formula is C21H25N3O5. The Balaban J connectivity index is 1.40. The Morgan fingerprint density at radius 1 is 1.17 bits per heavy atom. The van der Waals surface area contributed by atoms with E-state index in [1.54, 1.807) is 18.3 Å². The summed E-state index contributed by atoms with van der Waals surface area (Å²) in [7, 11) is 0. The fourth-order valence-electron chi connectivity index (χ4n) is 3.83. The van der Waals surface area contributed by atoms with Crippen LogP contribution >= 0.6 is 0 Å². The average molecular weight is 399 g/mol. The molecule has 1 N–H and O–H groups in total. The molecule has 2 aliphatic heterocycles. The number of nitrogens with zero attached hydrogens (tertiary/aromatic N) is 2. The molecule has 8 nitrogen and oxygen atoms in total. The second-order valence-corrected chi connectivity index (χ2v) is 7.63. The zero-order chi connectivity index (χ0) is 20.4. The summed E-state index contributed by atoms with van der Waals surface area (Å²) >= 11 is 0. The van der Waals surface area contributed by atoms with Gasteiger partial charge in [0.05, 0.1) is 11.7 Å². The molecule has 0 spiro atoms. The predicted molar refractivity (Wildman–Crippen MR) is 107 cm³/mol. The molecular weight excluding hydrogens is 374 g/mol. The van der Waals surface area contributed by atoms with Gasteiger partial charge in [-0.1, -0.05) is 17.7 Å². The number of aromatic nitrogens is 2. The van der Waals surface area contributed by atoms with Crippen LogP contribution in [0, 0.1) is 6.92 Å². The Hall–Kier alpha value is -2.87. The summed E-state index contributed by atoms with van der Waals surface area (Å²) in [4.78, 5) is 41.0. The highest BCUT2D eigenvalue weighted by molar-refractivity contribution is 5.89. The van der Waals surface area contributed by atoms with Crippen LogP contribution in [-0.4, -0.2) is 41.3 Å². The fraction of sp³-hybridized carbons (Fsp3) is 0.476. The van der Waals surface area contributed by atoms with Gasteiger partial charge in [-0.15, -0.1) is 0 Å². The minimum Gasteiger partial charge on any atom is -0.459 e. The number of esters is 1. The number of benzene rings is 1. The molecule has 0 radical (unpaired) electrons. The van der Waals surface area contributed by atoms with Crippen molar-refractivity contribution in [1.29, 1.82) is 0 Å². The van der Waals surface area contributed by atoms with Crippen LogP contribution in [0.15, 0.2) is 40.1 Å². The van der Waals surface area contributed by atoms with E-state index in [0.29, 0.717) is 24.1 Å². The van der Waals surface area contributed by atoms with Crippen LogP contribution in [0.1, 0.15) is 47.8 Å². The first-order valence-corrected chi connectivity index (χ1v) is 10.0. The number of hydrogen-bond acceptors (Lipinski definition) is 6. The van der Waals surface area contributed by atoms with Crippen LogP contribution in [0.3, 0.4) is 0 Å². The first-order valence-electron chi connectivity index (χ1n) is 10.0. The van der Waals surface area contributed by atoms with Crippen molar-refractivity contribution >= 4 is 11.7 Å². The molecule has 0 amide bonds. The molecule has 2 fully saturated rings. The molecule has 4 rings (SSSR count). The number of aromatic amines is 1. The summed E-state index contributed by atoms with van der Waals surface area (Å²) in [6.07, 6.45) is 4.17. The SMILES string of the molecule is Cc1ccc(C(=O)OC[C@@H]2CC[C@@H](n3cc(N4CCCC4)c(=O)[nH]c3=O)O2)cc1.